The van der Waals surface area contributed by atoms with E-state index in [0.29, 0.717) is 12.3 Å². The van der Waals surface area contributed by atoms with E-state index in [1.165, 1.54) is 21.9 Å². The highest BCUT2D eigenvalue weighted by molar-refractivity contribution is 6.12. The number of ether oxygens (including phenoxy) is 4. The third kappa shape index (κ3) is 3.22. The van der Waals surface area contributed by atoms with Gasteiger partial charge in [-0.25, -0.2) is 0 Å². The van der Waals surface area contributed by atoms with Crippen molar-refractivity contribution in [2.24, 2.45) is 5.73 Å². The van der Waals surface area contributed by atoms with Gasteiger partial charge in [0.05, 0.1) is 28.4 Å². The Bertz CT molecular complexity index is 1060. The van der Waals surface area contributed by atoms with Gasteiger partial charge in [0, 0.05) is 26.2 Å². The summed E-state index contributed by atoms with van der Waals surface area (Å²) in [7, 11) is 6.68. The zero-order valence-corrected chi connectivity index (χ0v) is 17.5. The van der Waals surface area contributed by atoms with Gasteiger partial charge in [0.2, 0.25) is 0 Å². The quantitative estimate of drug-likeness (QED) is 0.645. The first-order valence-corrected chi connectivity index (χ1v) is 9.82. The molecule has 0 unspecified atom stereocenters. The minimum atomic E-state index is 0.656. The fourth-order valence-electron chi connectivity index (χ4n) is 4.44. The third-order valence-electron chi connectivity index (χ3n) is 5.86. The Morgan fingerprint density at radius 3 is 1.62 bits per heavy atom. The lowest BCUT2D eigenvalue weighted by Crippen LogP contribution is -2.34. The van der Waals surface area contributed by atoms with Crippen LogP contribution in [0.3, 0.4) is 0 Å². The molecule has 29 heavy (non-hydrogen) atoms. The fourth-order valence-corrected chi connectivity index (χ4v) is 4.44. The number of nitrogens with two attached hydrogens (primary N) is 1. The second kappa shape index (κ2) is 7.97. The largest absolute Gasteiger partial charge is 0.493 e. The molecule has 2 N–H and O–H groups in total. The Kier molecular flexibility index (Phi) is 5.39. The molecular formula is C23H28N2O4. The van der Waals surface area contributed by atoms with Crippen LogP contribution in [0.15, 0.2) is 24.3 Å². The summed E-state index contributed by atoms with van der Waals surface area (Å²) in [6, 6.07) is 8.32. The molecule has 3 aromatic carbocycles. The van der Waals surface area contributed by atoms with E-state index in [1.807, 2.05) is 0 Å². The highest BCUT2D eigenvalue weighted by Gasteiger charge is 2.24. The van der Waals surface area contributed by atoms with Crippen molar-refractivity contribution in [1.82, 2.24) is 4.90 Å². The fraction of sp³-hybridized carbons (Fsp3) is 0.391. The van der Waals surface area contributed by atoms with Crippen LogP contribution >= 0.6 is 0 Å². The molecular weight excluding hydrogens is 368 g/mol. The van der Waals surface area contributed by atoms with Crippen molar-refractivity contribution in [3.05, 3.63) is 35.4 Å². The van der Waals surface area contributed by atoms with E-state index >= 15 is 0 Å². The van der Waals surface area contributed by atoms with Crippen LogP contribution in [-0.2, 0) is 13.0 Å². The number of hydrogen-bond acceptors (Lipinski definition) is 6. The molecule has 0 saturated heterocycles. The molecule has 6 heteroatoms. The van der Waals surface area contributed by atoms with Crippen molar-refractivity contribution in [2.75, 3.05) is 48.1 Å². The van der Waals surface area contributed by atoms with Crippen LogP contribution in [0.2, 0.25) is 0 Å². The van der Waals surface area contributed by atoms with Crippen molar-refractivity contribution < 1.29 is 18.9 Å². The van der Waals surface area contributed by atoms with Gasteiger partial charge in [-0.2, -0.15) is 0 Å². The maximum Gasteiger partial charge on any atom is 0.161 e. The third-order valence-corrected chi connectivity index (χ3v) is 5.86. The zero-order valence-electron chi connectivity index (χ0n) is 17.5. The first-order valence-electron chi connectivity index (χ1n) is 9.82. The van der Waals surface area contributed by atoms with E-state index in [0.717, 1.165) is 54.1 Å². The first kappa shape index (κ1) is 19.6. The molecule has 0 aliphatic carbocycles. The molecule has 0 amide bonds. The lowest BCUT2D eigenvalue weighted by atomic mass is 9.87. The summed E-state index contributed by atoms with van der Waals surface area (Å²) in [5, 5.41) is 4.63. The molecule has 0 spiro atoms. The maximum atomic E-state index is 5.83. The van der Waals surface area contributed by atoms with E-state index < -0.39 is 0 Å². The molecule has 4 rings (SSSR count). The van der Waals surface area contributed by atoms with E-state index in [4.69, 9.17) is 24.7 Å². The summed E-state index contributed by atoms with van der Waals surface area (Å²) in [6.07, 6.45) is 0.964. The van der Waals surface area contributed by atoms with Crippen LogP contribution in [0.5, 0.6) is 23.0 Å². The van der Waals surface area contributed by atoms with E-state index in [1.54, 1.807) is 28.4 Å². The molecule has 0 atom stereocenters. The van der Waals surface area contributed by atoms with Gasteiger partial charge in [0.1, 0.15) is 0 Å². The van der Waals surface area contributed by atoms with Crippen LogP contribution in [0.4, 0.5) is 0 Å². The van der Waals surface area contributed by atoms with Crippen LogP contribution in [0.25, 0.3) is 21.5 Å². The number of nitrogens with zero attached hydrogens (tertiary/aromatic N) is 1. The Morgan fingerprint density at radius 2 is 1.17 bits per heavy atom. The molecule has 0 radical (unpaired) electrons. The number of hydrogen-bond donors (Lipinski definition) is 1. The average Bonchev–Trinajstić information content (AvgIpc) is 2.77. The summed E-state index contributed by atoms with van der Waals surface area (Å²) in [5.74, 6) is 2.91. The van der Waals surface area contributed by atoms with Gasteiger partial charge < -0.3 is 24.7 Å². The number of benzene rings is 3. The Hall–Kier alpha value is -2.70. The second-order valence-corrected chi connectivity index (χ2v) is 7.28. The van der Waals surface area contributed by atoms with Crippen LogP contribution in [-0.4, -0.2) is 53.0 Å². The van der Waals surface area contributed by atoms with Gasteiger partial charge in [-0.15, -0.1) is 0 Å². The van der Waals surface area contributed by atoms with E-state index in [9.17, 15) is 0 Å². The molecule has 3 aromatic rings. The predicted molar refractivity (Wildman–Crippen MR) is 116 cm³/mol. The normalized spacial score (nSPS) is 14.1. The molecule has 0 saturated carbocycles. The van der Waals surface area contributed by atoms with Crippen LogP contribution in [0.1, 0.15) is 11.1 Å². The molecule has 0 aromatic heterocycles. The number of rotatable bonds is 6. The van der Waals surface area contributed by atoms with Crippen molar-refractivity contribution in [3.63, 3.8) is 0 Å². The summed E-state index contributed by atoms with van der Waals surface area (Å²) in [4.78, 5) is 2.41. The van der Waals surface area contributed by atoms with Crippen molar-refractivity contribution >= 4 is 21.5 Å². The van der Waals surface area contributed by atoms with Crippen LogP contribution < -0.4 is 24.7 Å². The highest BCUT2D eigenvalue weighted by atomic mass is 16.5. The minimum Gasteiger partial charge on any atom is -0.493 e. The van der Waals surface area contributed by atoms with Gasteiger partial charge in [-0.05, 0) is 63.4 Å². The smallest absolute Gasteiger partial charge is 0.161 e. The summed E-state index contributed by atoms with van der Waals surface area (Å²) < 4.78 is 22.4. The highest BCUT2D eigenvalue weighted by Crippen LogP contribution is 2.44. The Labute approximate surface area is 171 Å². The van der Waals surface area contributed by atoms with E-state index in [-0.39, 0.29) is 0 Å². The number of fused-ring (bicyclic) bond motifs is 6. The maximum absolute atomic E-state index is 5.83. The first-order chi connectivity index (χ1) is 14.1. The summed E-state index contributed by atoms with van der Waals surface area (Å²) in [5.41, 5.74) is 8.50. The van der Waals surface area contributed by atoms with Crippen molar-refractivity contribution in [3.8, 4) is 23.0 Å². The molecule has 0 fully saturated rings. The minimum absolute atomic E-state index is 0.656. The predicted octanol–water partition coefficient (Wildman–Crippen LogP) is 3.34. The lowest BCUT2D eigenvalue weighted by molar-refractivity contribution is 0.263. The topological polar surface area (TPSA) is 66.2 Å². The van der Waals surface area contributed by atoms with Crippen molar-refractivity contribution in [2.45, 2.75) is 13.0 Å². The van der Waals surface area contributed by atoms with Gasteiger partial charge in [0.25, 0.3) is 0 Å². The lowest BCUT2D eigenvalue weighted by Gasteiger charge is -2.31. The number of methoxy groups -OCH3 is 4. The average molecular weight is 396 g/mol. The molecule has 1 aliphatic rings. The Morgan fingerprint density at radius 1 is 0.724 bits per heavy atom. The van der Waals surface area contributed by atoms with Gasteiger partial charge in [-0.1, -0.05) is 0 Å². The van der Waals surface area contributed by atoms with Crippen LogP contribution in [0, 0.1) is 0 Å². The Balaban J connectivity index is 2.10. The summed E-state index contributed by atoms with van der Waals surface area (Å²) in [6.45, 7) is 3.40. The molecule has 1 aliphatic heterocycles. The zero-order chi connectivity index (χ0) is 20.5. The summed E-state index contributed by atoms with van der Waals surface area (Å²) >= 11 is 0. The standard InChI is InChI=1S/C23H28N2O4/c1-26-20-9-15-14-5-7-25(8-6-24)13-19(14)18-12-23(29-4)22(28-3)11-17(18)16(15)10-21(20)27-2/h9-12H,5-8,13,24H2,1-4H3. The second-order valence-electron chi connectivity index (χ2n) is 7.28. The SMILES string of the molecule is COc1cc2c3c(c4cc(OC)c(OC)cc4c2cc1OC)CN(CCN)CC3. The van der Waals surface area contributed by atoms with Gasteiger partial charge in [-0.3, -0.25) is 4.90 Å². The van der Waals surface area contributed by atoms with Gasteiger partial charge >= 0.3 is 0 Å². The monoisotopic (exact) mass is 396 g/mol. The van der Waals surface area contributed by atoms with E-state index in [2.05, 4.69) is 29.2 Å². The molecule has 154 valence electrons. The molecule has 0 bridgehead atoms. The van der Waals surface area contributed by atoms with Crippen molar-refractivity contribution in [1.29, 1.82) is 0 Å². The molecule has 6 nitrogen and oxygen atoms in total. The molecule has 1 heterocycles. The van der Waals surface area contributed by atoms with Gasteiger partial charge in [0.15, 0.2) is 23.0 Å².